The monoisotopic (exact) mass is 258 g/mol. The zero-order valence-electron chi connectivity index (χ0n) is 11.8. The molecule has 0 saturated heterocycles. The largest absolute Gasteiger partial charge is 0.309 e. The number of rotatable bonds is 3. The van der Waals surface area contributed by atoms with Crippen LogP contribution in [0.1, 0.15) is 33.9 Å². The summed E-state index contributed by atoms with van der Waals surface area (Å²) in [5.41, 5.74) is 4.71. The summed E-state index contributed by atoms with van der Waals surface area (Å²) < 4.78 is 14.3. The Hall–Kier alpha value is -1.74. The SMILES string of the molecule is CNC(c1cnccc1C)c1c(C)cc(C)cc1F. The normalized spacial score (nSPS) is 12.5. The molecule has 0 aliphatic heterocycles. The van der Waals surface area contributed by atoms with Crippen LogP contribution in [-0.2, 0) is 0 Å². The summed E-state index contributed by atoms with van der Waals surface area (Å²) in [6, 6.07) is 5.36. The molecular weight excluding hydrogens is 239 g/mol. The number of hydrogen-bond donors (Lipinski definition) is 1. The second-order valence-electron chi connectivity index (χ2n) is 4.93. The molecule has 2 aromatic rings. The minimum Gasteiger partial charge on any atom is -0.309 e. The summed E-state index contributed by atoms with van der Waals surface area (Å²) in [6.45, 7) is 5.87. The van der Waals surface area contributed by atoms with Crippen LogP contribution in [0.25, 0.3) is 0 Å². The van der Waals surface area contributed by atoms with Gasteiger partial charge in [0.05, 0.1) is 6.04 Å². The van der Waals surface area contributed by atoms with Crippen molar-refractivity contribution in [3.8, 4) is 0 Å². The van der Waals surface area contributed by atoms with E-state index in [1.54, 1.807) is 18.5 Å². The molecule has 1 heterocycles. The van der Waals surface area contributed by atoms with Gasteiger partial charge in [-0.15, -0.1) is 0 Å². The zero-order valence-corrected chi connectivity index (χ0v) is 11.8. The summed E-state index contributed by atoms with van der Waals surface area (Å²) in [7, 11) is 1.84. The molecule has 0 spiro atoms. The Morgan fingerprint density at radius 1 is 1.16 bits per heavy atom. The fourth-order valence-corrected chi connectivity index (χ4v) is 2.53. The van der Waals surface area contributed by atoms with Crippen LogP contribution in [0.3, 0.4) is 0 Å². The quantitative estimate of drug-likeness (QED) is 0.912. The first-order valence-corrected chi connectivity index (χ1v) is 6.39. The number of nitrogens with zero attached hydrogens (tertiary/aromatic N) is 1. The molecule has 0 saturated carbocycles. The van der Waals surface area contributed by atoms with Gasteiger partial charge in [0.25, 0.3) is 0 Å². The molecule has 0 amide bonds. The highest BCUT2D eigenvalue weighted by Crippen LogP contribution is 2.29. The number of halogens is 1. The number of benzene rings is 1. The first kappa shape index (κ1) is 13.7. The molecule has 0 bridgehead atoms. The van der Waals surface area contributed by atoms with E-state index in [2.05, 4.69) is 10.3 Å². The highest BCUT2D eigenvalue weighted by Gasteiger charge is 2.20. The van der Waals surface area contributed by atoms with Crippen molar-refractivity contribution in [3.05, 3.63) is 64.2 Å². The highest BCUT2D eigenvalue weighted by molar-refractivity contribution is 5.41. The molecular formula is C16H19FN2. The molecule has 1 unspecified atom stereocenters. The van der Waals surface area contributed by atoms with Crippen molar-refractivity contribution in [2.75, 3.05) is 7.05 Å². The molecule has 1 aromatic heterocycles. The number of hydrogen-bond acceptors (Lipinski definition) is 2. The Morgan fingerprint density at radius 2 is 1.89 bits per heavy atom. The molecule has 1 N–H and O–H groups in total. The van der Waals surface area contributed by atoms with Gasteiger partial charge >= 0.3 is 0 Å². The number of aromatic nitrogens is 1. The van der Waals surface area contributed by atoms with Crippen LogP contribution in [0.15, 0.2) is 30.6 Å². The number of pyridine rings is 1. The van der Waals surface area contributed by atoms with Gasteiger partial charge in [-0.1, -0.05) is 6.07 Å². The summed E-state index contributed by atoms with van der Waals surface area (Å²) in [5.74, 6) is -0.167. The lowest BCUT2D eigenvalue weighted by molar-refractivity contribution is 0.570. The maximum atomic E-state index is 14.3. The fourth-order valence-electron chi connectivity index (χ4n) is 2.53. The third-order valence-electron chi connectivity index (χ3n) is 3.45. The van der Waals surface area contributed by atoms with E-state index >= 15 is 0 Å². The van der Waals surface area contributed by atoms with E-state index in [0.29, 0.717) is 5.56 Å². The lowest BCUT2D eigenvalue weighted by Gasteiger charge is -2.22. The maximum absolute atomic E-state index is 14.3. The van der Waals surface area contributed by atoms with Crippen LogP contribution in [0, 0.1) is 26.6 Å². The first-order chi connectivity index (χ1) is 9.04. The molecule has 19 heavy (non-hydrogen) atoms. The average molecular weight is 258 g/mol. The smallest absolute Gasteiger partial charge is 0.128 e. The maximum Gasteiger partial charge on any atom is 0.128 e. The molecule has 0 aliphatic carbocycles. The van der Waals surface area contributed by atoms with E-state index < -0.39 is 0 Å². The van der Waals surface area contributed by atoms with Crippen LogP contribution < -0.4 is 5.32 Å². The fraction of sp³-hybridized carbons (Fsp3) is 0.312. The van der Waals surface area contributed by atoms with Gasteiger partial charge in [-0.05, 0) is 62.2 Å². The predicted molar refractivity (Wildman–Crippen MR) is 75.8 cm³/mol. The van der Waals surface area contributed by atoms with Crippen LogP contribution in [-0.4, -0.2) is 12.0 Å². The number of nitrogens with one attached hydrogen (secondary N) is 1. The van der Waals surface area contributed by atoms with Crippen LogP contribution in [0.2, 0.25) is 0 Å². The lowest BCUT2D eigenvalue weighted by atomic mass is 9.92. The van der Waals surface area contributed by atoms with Gasteiger partial charge in [0.15, 0.2) is 0 Å². The van der Waals surface area contributed by atoms with Gasteiger partial charge in [-0.2, -0.15) is 0 Å². The van der Waals surface area contributed by atoms with E-state index in [0.717, 1.165) is 22.3 Å². The minimum absolute atomic E-state index is 0.167. The summed E-state index contributed by atoms with van der Waals surface area (Å²) >= 11 is 0. The second kappa shape index (κ2) is 5.49. The zero-order chi connectivity index (χ0) is 14.0. The van der Waals surface area contributed by atoms with Crippen molar-refractivity contribution < 1.29 is 4.39 Å². The second-order valence-corrected chi connectivity index (χ2v) is 4.93. The Morgan fingerprint density at radius 3 is 2.47 bits per heavy atom. The molecule has 1 aromatic carbocycles. The van der Waals surface area contributed by atoms with Crippen LogP contribution in [0.4, 0.5) is 4.39 Å². The molecule has 0 fully saturated rings. The van der Waals surface area contributed by atoms with Crippen molar-refractivity contribution >= 4 is 0 Å². The van der Waals surface area contributed by atoms with Gasteiger partial charge in [0.1, 0.15) is 5.82 Å². The molecule has 0 radical (unpaired) electrons. The lowest BCUT2D eigenvalue weighted by Crippen LogP contribution is -2.21. The molecule has 0 aliphatic rings. The van der Waals surface area contributed by atoms with E-state index in [-0.39, 0.29) is 11.9 Å². The van der Waals surface area contributed by atoms with Crippen molar-refractivity contribution in [2.24, 2.45) is 0 Å². The van der Waals surface area contributed by atoms with Crippen molar-refractivity contribution in [1.29, 1.82) is 0 Å². The summed E-state index contributed by atoms with van der Waals surface area (Å²) in [4.78, 5) is 4.15. The van der Waals surface area contributed by atoms with Gasteiger partial charge < -0.3 is 5.32 Å². The third kappa shape index (κ3) is 2.66. The minimum atomic E-state index is -0.172. The Bertz CT molecular complexity index is 570. The predicted octanol–water partition coefficient (Wildman–Crippen LogP) is 3.45. The summed E-state index contributed by atoms with van der Waals surface area (Å²) in [6.07, 6.45) is 3.55. The van der Waals surface area contributed by atoms with E-state index in [9.17, 15) is 4.39 Å². The van der Waals surface area contributed by atoms with Gasteiger partial charge in [0, 0.05) is 18.0 Å². The Labute approximate surface area is 113 Å². The highest BCUT2D eigenvalue weighted by atomic mass is 19.1. The Kier molecular flexibility index (Phi) is 3.96. The van der Waals surface area contributed by atoms with Crippen LogP contribution >= 0.6 is 0 Å². The molecule has 1 atom stereocenters. The van der Waals surface area contributed by atoms with Gasteiger partial charge in [-0.25, -0.2) is 4.39 Å². The third-order valence-corrected chi connectivity index (χ3v) is 3.45. The Balaban J connectivity index is 2.58. The molecule has 2 nitrogen and oxygen atoms in total. The van der Waals surface area contributed by atoms with E-state index in [4.69, 9.17) is 0 Å². The van der Waals surface area contributed by atoms with Crippen molar-refractivity contribution in [3.63, 3.8) is 0 Å². The van der Waals surface area contributed by atoms with Gasteiger partial charge in [-0.3, -0.25) is 4.98 Å². The molecule has 3 heteroatoms. The van der Waals surface area contributed by atoms with Crippen molar-refractivity contribution in [1.82, 2.24) is 10.3 Å². The standard InChI is InChI=1S/C16H19FN2/c1-10-7-12(3)15(14(17)8-10)16(18-4)13-9-19-6-5-11(13)2/h5-9,16,18H,1-4H3. The number of aryl methyl sites for hydroxylation is 3. The van der Waals surface area contributed by atoms with Crippen molar-refractivity contribution in [2.45, 2.75) is 26.8 Å². The molecule has 100 valence electrons. The van der Waals surface area contributed by atoms with E-state index in [1.807, 2.05) is 40.0 Å². The van der Waals surface area contributed by atoms with Gasteiger partial charge in [0.2, 0.25) is 0 Å². The summed E-state index contributed by atoms with van der Waals surface area (Å²) in [5, 5.41) is 3.20. The van der Waals surface area contributed by atoms with E-state index in [1.165, 1.54) is 0 Å². The topological polar surface area (TPSA) is 24.9 Å². The first-order valence-electron chi connectivity index (χ1n) is 6.39. The van der Waals surface area contributed by atoms with Crippen LogP contribution in [0.5, 0.6) is 0 Å². The molecule has 2 rings (SSSR count). The average Bonchev–Trinajstić information content (AvgIpc) is 2.34.